The van der Waals surface area contributed by atoms with Crippen LogP contribution in [-0.4, -0.2) is 6.10 Å². The molecule has 0 aromatic rings. The molecule has 48 valence electrons. The fourth-order valence-electron chi connectivity index (χ4n) is 0.398. The first kappa shape index (κ1) is 7.83. The smallest absolute Gasteiger partial charge is 0.104 e. The molecule has 0 spiro atoms. The number of ether oxygens (including phenoxy) is 1. The Morgan fingerprint density at radius 2 is 2.12 bits per heavy atom. The molecule has 0 amide bonds. The maximum atomic E-state index is 5.31. The van der Waals surface area contributed by atoms with Crippen LogP contribution in [0.1, 0.15) is 20.8 Å². The van der Waals surface area contributed by atoms with E-state index in [9.17, 15) is 0 Å². The van der Waals surface area contributed by atoms with Gasteiger partial charge in [0.15, 0.2) is 0 Å². The van der Waals surface area contributed by atoms with Gasteiger partial charge in [-0.2, -0.15) is 0 Å². The average Bonchev–Trinajstić information content (AvgIpc) is 1.65. The van der Waals surface area contributed by atoms with E-state index in [4.69, 9.17) is 16.3 Å². The number of hydrogen-bond donors (Lipinski definition) is 0. The van der Waals surface area contributed by atoms with E-state index < -0.39 is 0 Å². The van der Waals surface area contributed by atoms with Crippen LogP contribution < -0.4 is 0 Å². The Kier molecular flexibility index (Phi) is 3.71. The van der Waals surface area contributed by atoms with E-state index in [1.807, 2.05) is 20.8 Å². The molecule has 2 heteroatoms. The van der Waals surface area contributed by atoms with Crippen molar-refractivity contribution in [3.05, 3.63) is 11.3 Å². The minimum Gasteiger partial charge on any atom is -0.495 e. The molecular weight excluding hydrogens is 124 g/mol. The van der Waals surface area contributed by atoms with Crippen molar-refractivity contribution in [3.8, 4) is 0 Å². The lowest BCUT2D eigenvalue weighted by molar-refractivity contribution is 0.150. The van der Waals surface area contributed by atoms with Crippen LogP contribution in [0.3, 0.4) is 0 Å². The van der Waals surface area contributed by atoms with Gasteiger partial charge in [0, 0.05) is 5.54 Å². The van der Waals surface area contributed by atoms with Gasteiger partial charge in [0.2, 0.25) is 0 Å². The Balaban J connectivity index is 3.39. The van der Waals surface area contributed by atoms with Gasteiger partial charge in [-0.3, -0.25) is 0 Å². The third-order valence-corrected chi connectivity index (χ3v) is 0.883. The normalized spacial score (nSPS) is 12.4. The van der Waals surface area contributed by atoms with Crippen molar-refractivity contribution in [2.45, 2.75) is 26.9 Å². The van der Waals surface area contributed by atoms with Gasteiger partial charge >= 0.3 is 0 Å². The third kappa shape index (κ3) is 4.00. The van der Waals surface area contributed by atoms with Crippen molar-refractivity contribution in [1.82, 2.24) is 0 Å². The Labute approximate surface area is 55.3 Å². The summed E-state index contributed by atoms with van der Waals surface area (Å²) < 4.78 is 5.13. The summed E-state index contributed by atoms with van der Waals surface area (Å²) in [6.45, 7) is 5.75. The van der Waals surface area contributed by atoms with Crippen LogP contribution >= 0.6 is 11.6 Å². The first-order valence-electron chi connectivity index (χ1n) is 2.60. The van der Waals surface area contributed by atoms with E-state index in [-0.39, 0.29) is 6.10 Å². The highest BCUT2D eigenvalue weighted by Crippen LogP contribution is 2.00. The van der Waals surface area contributed by atoms with Gasteiger partial charge in [0.05, 0.1) is 6.10 Å². The van der Waals surface area contributed by atoms with Gasteiger partial charge in [-0.1, -0.05) is 11.6 Å². The van der Waals surface area contributed by atoms with E-state index in [0.717, 1.165) is 5.76 Å². The second kappa shape index (κ2) is 3.79. The molecule has 0 saturated carbocycles. The van der Waals surface area contributed by atoms with Crippen molar-refractivity contribution in [1.29, 1.82) is 0 Å². The van der Waals surface area contributed by atoms with E-state index in [0.29, 0.717) is 0 Å². The molecule has 0 aliphatic carbocycles. The Morgan fingerprint density at radius 3 is 2.25 bits per heavy atom. The molecule has 0 aliphatic rings. The summed E-state index contributed by atoms with van der Waals surface area (Å²) in [6, 6.07) is 0. The lowest BCUT2D eigenvalue weighted by atomic mass is 10.5. The van der Waals surface area contributed by atoms with Crippen LogP contribution in [0.5, 0.6) is 0 Å². The Hall–Kier alpha value is -0.170. The summed E-state index contributed by atoms with van der Waals surface area (Å²) >= 11 is 5.31. The molecule has 0 fully saturated rings. The molecule has 0 atom stereocenters. The maximum Gasteiger partial charge on any atom is 0.104 e. The first-order valence-corrected chi connectivity index (χ1v) is 3.04. The van der Waals surface area contributed by atoms with Crippen molar-refractivity contribution in [3.63, 3.8) is 0 Å². The third-order valence-electron chi connectivity index (χ3n) is 0.575. The van der Waals surface area contributed by atoms with Crippen LogP contribution in [-0.2, 0) is 4.74 Å². The predicted octanol–water partition coefficient (Wildman–Crippen LogP) is 2.51. The molecule has 8 heavy (non-hydrogen) atoms. The summed E-state index contributed by atoms with van der Waals surface area (Å²) in [5, 5.41) is 0. The van der Waals surface area contributed by atoms with Crippen LogP contribution in [0.15, 0.2) is 11.3 Å². The zero-order valence-electron chi connectivity index (χ0n) is 5.44. The molecule has 0 aromatic carbocycles. The molecule has 0 radical (unpaired) electrons. The van der Waals surface area contributed by atoms with Crippen LogP contribution in [0.25, 0.3) is 0 Å². The van der Waals surface area contributed by atoms with E-state index >= 15 is 0 Å². The minimum atomic E-state index is 0.227. The molecule has 0 unspecified atom stereocenters. The lowest BCUT2D eigenvalue weighted by Gasteiger charge is -2.07. The fourth-order valence-corrected chi connectivity index (χ4v) is 0.449. The lowest BCUT2D eigenvalue weighted by Crippen LogP contribution is -1.98. The first-order chi connectivity index (χ1) is 3.66. The summed E-state index contributed by atoms with van der Waals surface area (Å²) in [4.78, 5) is 0. The zero-order chi connectivity index (χ0) is 6.57. The van der Waals surface area contributed by atoms with Gasteiger partial charge in [-0.05, 0) is 20.8 Å². The predicted molar refractivity (Wildman–Crippen MR) is 35.8 cm³/mol. The highest BCUT2D eigenvalue weighted by Gasteiger charge is 1.91. The molecule has 0 saturated heterocycles. The summed E-state index contributed by atoms with van der Waals surface area (Å²) in [6.07, 6.45) is 0.227. The molecule has 1 nitrogen and oxygen atoms in total. The summed E-state index contributed by atoms with van der Waals surface area (Å²) in [5.41, 5.74) is 1.43. The molecule has 0 bridgehead atoms. The number of allylic oxidation sites excluding steroid dienone is 1. The van der Waals surface area contributed by atoms with Gasteiger partial charge in [0.1, 0.15) is 5.76 Å². The van der Waals surface area contributed by atoms with Crippen LogP contribution in [0.4, 0.5) is 0 Å². The Morgan fingerprint density at radius 1 is 1.62 bits per heavy atom. The van der Waals surface area contributed by atoms with E-state index in [1.54, 1.807) is 0 Å². The highest BCUT2D eigenvalue weighted by atomic mass is 35.5. The molecule has 0 aromatic heterocycles. The quantitative estimate of drug-likeness (QED) is 0.528. The van der Waals surface area contributed by atoms with E-state index in [2.05, 4.69) is 0 Å². The molecule has 0 heterocycles. The van der Waals surface area contributed by atoms with E-state index in [1.165, 1.54) is 5.54 Å². The average molecular weight is 135 g/mol. The number of rotatable bonds is 2. The van der Waals surface area contributed by atoms with Crippen molar-refractivity contribution in [2.24, 2.45) is 0 Å². The number of halogens is 1. The zero-order valence-corrected chi connectivity index (χ0v) is 6.20. The van der Waals surface area contributed by atoms with Gasteiger partial charge in [-0.25, -0.2) is 0 Å². The Bertz CT molecular complexity index is 86.5. The van der Waals surface area contributed by atoms with Crippen molar-refractivity contribution >= 4 is 11.6 Å². The standard InChI is InChI=1S/C6H11ClO/c1-5(2)8-6(3)4-7/h4-5H,1-3H3/b6-4-. The maximum absolute atomic E-state index is 5.31. The van der Waals surface area contributed by atoms with Crippen molar-refractivity contribution < 1.29 is 4.74 Å². The second-order valence-electron chi connectivity index (χ2n) is 1.89. The van der Waals surface area contributed by atoms with Crippen LogP contribution in [0.2, 0.25) is 0 Å². The molecule has 0 aliphatic heterocycles. The number of hydrogen-bond acceptors (Lipinski definition) is 1. The molecular formula is C6H11ClO. The topological polar surface area (TPSA) is 9.23 Å². The highest BCUT2D eigenvalue weighted by molar-refractivity contribution is 6.25. The molecule has 0 rings (SSSR count). The largest absolute Gasteiger partial charge is 0.495 e. The van der Waals surface area contributed by atoms with Crippen molar-refractivity contribution in [2.75, 3.05) is 0 Å². The summed E-state index contributed by atoms with van der Waals surface area (Å²) in [7, 11) is 0. The SMILES string of the molecule is C/C(=C/Cl)OC(C)C. The van der Waals surface area contributed by atoms with Gasteiger partial charge in [-0.15, -0.1) is 0 Å². The van der Waals surface area contributed by atoms with Crippen LogP contribution in [0, 0.1) is 0 Å². The minimum absolute atomic E-state index is 0.227. The van der Waals surface area contributed by atoms with Gasteiger partial charge in [0.25, 0.3) is 0 Å². The van der Waals surface area contributed by atoms with Gasteiger partial charge < -0.3 is 4.74 Å². The second-order valence-corrected chi connectivity index (χ2v) is 2.10. The fraction of sp³-hybridized carbons (Fsp3) is 0.667. The monoisotopic (exact) mass is 134 g/mol. The summed E-state index contributed by atoms with van der Waals surface area (Å²) in [5.74, 6) is 0.765. The molecule has 0 N–H and O–H groups in total.